The van der Waals surface area contributed by atoms with E-state index in [1.165, 1.54) is 0 Å². The number of nitrogens with zero attached hydrogens (tertiary/aromatic N) is 2. The fourth-order valence-corrected chi connectivity index (χ4v) is 1.11. The lowest BCUT2D eigenvalue weighted by molar-refractivity contribution is -0.133. The molecule has 1 fully saturated rings. The summed E-state index contributed by atoms with van der Waals surface area (Å²) in [6.07, 6.45) is 1.65. The van der Waals surface area contributed by atoms with Crippen LogP contribution in [0.25, 0.3) is 0 Å². The molecule has 0 unspecified atom stereocenters. The third kappa shape index (κ3) is 1.55. The van der Waals surface area contributed by atoms with Crippen LogP contribution < -0.4 is 5.32 Å². The smallest absolute Gasteiger partial charge is 0.233 e. The van der Waals surface area contributed by atoms with E-state index in [1.54, 1.807) is 24.0 Å². The summed E-state index contributed by atoms with van der Waals surface area (Å²) in [5.74, 6) is 0.738. The minimum absolute atomic E-state index is 0.00912. The molecule has 2 heterocycles. The summed E-state index contributed by atoms with van der Waals surface area (Å²) in [5, 5.41) is 6.72. The highest BCUT2D eigenvalue weighted by atomic mass is 16.5. The lowest BCUT2D eigenvalue weighted by Crippen LogP contribution is -2.38. The minimum atomic E-state index is 0.00912. The van der Waals surface area contributed by atoms with Crippen LogP contribution in [0.5, 0.6) is 0 Å². The van der Waals surface area contributed by atoms with Gasteiger partial charge in [0.1, 0.15) is 5.82 Å². The van der Waals surface area contributed by atoms with Crippen molar-refractivity contribution < 1.29 is 9.53 Å². The summed E-state index contributed by atoms with van der Waals surface area (Å²) in [5.41, 5.74) is 0. The van der Waals surface area contributed by atoms with Crippen molar-refractivity contribution in [3.63, 3.8) is 0 Å². The zero-order valence-corrected chi connectivity index (χ0v) is 7.36. The standard InChI is InChI=1S/C8H11N3O2/c1-11-7(2-3-9-11)10-8(12)6-4-13-5-6/h2-3,6H,4-5H2,1H3,(H,10,12). The van der Waals surface area contributed by atoms with Crippen LogP contribution >= 0.6 is 0 Å². The van der Waals surface area contributed by atoms with Crippen molar-refractivity contribution in [1.82, 2.24) is 9.78 Å². The fraction of sp³-hybridized carbons (Fsp3) is 0.500. The van der Waals surface area contributed by atoms with E-state index in [1.807, 2.05) is 0 Å². The highest BCUT2D eigenvalue weighted by Gasteiger charge is 2.26. The molecule has 70 valence electrons. The molecule has 2 rings (SSSR count). The van der Waals surface area contributed by atoms with Crippen LogP contribution in [0, 0.1) is 5.92 Å². The van der Waals surface area contributed by atoms with Crippen molar-refractivity contribution >= 4 is 11.7 Å². The van der Waals surface area contributed by atoms with E-state index in [0.29, 0.717) is 13.2 Å². The molecule has 0 spiro atoms. The molecule has 0 atom stereocenters. The molecule has 0 saturated carbocycles. The SMILES string of the molecule is Cn1nccc1NC(=O)C1COC1. The Morgan fingerprint density at radius 3 is 3.00 bits per heavy atom. The van der Waals surface area contributed by atoms with Crippen LogP contribution in [-0.2, 0) is 16.6 Å². The molecule has 1 aliphatic heterocycles. The quantitative estimate of drug-likeness (QED) is 0.699. The Bertz CT molecular complexity index is 317. The summed E-state index contributed by atoms with van der Waals surface area (Å²) in [7, 11) is 1.78. The normalized spacial score (nSPS) is 16.7. The molecule has 1 aliphatic rings. The number of hydrogen-bond donors (Lipinski definition) is 1. The Morgan fingerprint density at radius 1 is 1.77 bits per heavy atom. The molecule has 1 aromatic heterocycles. The van der Waals surface area contributed by atoms with Gasteiger partial charge < -0.3 is 10.1 Å². The minimum Gasteiger partial charge on any atom is -0.380 e. The fourth-order valence-electron chi connectivity index (χ4n) is 1.11. The molecule has 0 aliphatic carbocycles. The van der Waals surface area contributed by atoms with Gasteiger partial charge in [-0.3, -0.25) is 9.48 Å². The molecule has 5 nitrogen and oxygen atoms in total. The zero-order chi connectivity index (χ0) is 9.26. The van der Waals surface area contributed by atoms with Crippen LogP contribution in [0.15, 0.2) is 12.3 Å². The highest BCUT2D eigenvalue weighted by molar-refractivity contribution is 5.92. The summed E-state index contributed by atoms with van der Waals surface area (Å²) in [6.45, 7) is 1.06. The number of aromatic nitrogens is 2. The second-order valence-corrected chi connectivity index (χ2v) is 3.06. The number of nitrogens with one attached hydrogen (secondary N) is 1. The number of hydrogen-bond acceptors (Lipinski definition) is 3. The Hall–Kier alpha value is -1.36. The van der Waals surface area contributed by atoms with Gasteiger partial charge in [-0.1, -0.05) is 0 Å². The molecular weight excluding hydrogens is 170 g/mol. The number of rotatable bonds is 2. The first-order chi connectivity index (χ1) is 6.27. The Balaban J connectivity index is 1.97. The first-order valence-corrected chi connectivity index (χ1v) is 4.14. The molecule has 0 aromatic carbocycles. The maximum Gasteiger partial charge on any atom is 0.233 e. The average Bonchev–Trinajstić information content (AvgIpc) is 2.32. The lowest BCUT2D eigenvalue weighted by atomic mass is 10.1. The summed E-state index contributed by atoms with van der Waals surface area (Å²) in [6, 6.07) is 1.76. The van der Waals surface area contributed by atoms with E-state index in [0.717, 1.165) is 5.82 Å². The van der Waals surface area contributed by atoms with Crippen LogP contribution in [-0.4, -0.2) is 28.9 Å². The van der Waals surface area contributed by atoms with E-state index in [4.69, 9.17) is 4.74 Å². The van der Waals surface area contributed by atoms with Crippen LogP contribution in [0.1, 0.15) is 0 Å². The summed E-state index contributed by atoms with van der Waals surface area (Å²) >= 11 is 0. The molecule has 1 N–H and O–H groups in total. The van der Waals surface area contributed by atoms with Gasteiger partial charge in [0.2, 0.25) is 5.91 Å². The third-order valence-electron chi connectivity index (χ3n) is 2.08. The van der Waals surface area contributed by atoms with Crippen LogP contribution in [0.2, 0.25) is 0 Å². The van der Waals surface area contributed by atoms with Crippen LogP contribution in [0.4, 0.5) is 5.82 Å². The topological polar surface area (TPSA) is 56.2 Å². The molecular formula is C8H11N3O2. The summed E-state index contributed by atoms with van der Waals surface area (Å²) in [4.78, 5) is 11.4. The Labute approximate surface area is 75.7 Å². The first kappa shape index (κ1) is 8.25. The van der Waals surface area contributed by atoms with E-state index in [2.05, 4.69) is 10.4 Å². The lowest BCUT2D eigenvalue weighted by Gasteiger charge is -2.24. The molecule has 0 radical (unpaired) electrons. The number of carbonyl (C=O) groups is 1. The Kier molecular flexibility index (Phi) is 2.02. The van der Waals surface area contributed by atoms with Gasteiger partial charge in [-0.25, -0.2) is 0 Å². The number of anilines is 1. The third-order valence-corrected chi connectivity index (χ3v) is 2.08. The number of ether oxygens (including phenoxy) is 1. The summed E-state index contributed by atoms with van der Waals surface area (Å²) < 4.78 is 6.54. The van der Waals surface area contributed by atoms with E-state index in [-0.39, 0.29) is 11.8 Å². The molecule has 1 saturated heterocycles. The van der Waals surface area contributed by atoms with Crippen molar-refractivity contribution in [1.29, 1.82) is 0 Å². The van der Waals surface area contributed by atoms with E-state index in [9.17, 15) is 4.79 Å². The van der Waals surface area contributed by atoms with Gasteiger partial charge in [-0.2, -0.15) is 5.10 Å². The monoisotopic (exact) mass is 181 g/mol. The largest absolute Gasteiger partial charge is 0.380 e. The zero-order valence-electron chi connectivity index (χ0n) is 7.36. The van der Waals surface area contributed by atoms with Crippen LogP contribution in [0.3, 0.4) is 0 Å². The number of aryl methyl sites for hydroxylation is 1. The van der Waals surface area contributed by atoms with Gasteiger partial charge >= 0.3 is 0 Å². The van der Waals surface area contributed by atoms with Gasteiger partial charge in [0.15, 0.2) is 0 Å². The average molecular weight is 181 g/mol. The van der Waals surface area contributed by atoms with Crippen molar-refractivity contribution in [2.24, 2.45) is 13.0 Å². The predicted molar refractivity (Wildman–Crippen MR) is 46.1 cm³/mol. The van der Waals surface area contributed by atoms with Crippen molar-refractivity contribution in [2.75, 3.05) is 18.5 Å². The second kappa shape index (κ2) is 3.18. The van der Waals surface area contributed by atoms with Crippen molar-refractivity contribution in [3.8, 4) is 0 Å². The molecule has 13 heavy (non-hydrogen) atoms. The van der Waals surface area contributed by atoms with Gasteiger partial charge in [0.05, 0.1) is 25.3 Å². The Morgan fingerprint density at radius 2 is 2.54 bits per heavy atom. The van der Waals surface area contributed by atoms with Gasteiger partial charge in [0, 0.05) is 13.1 Å². The van der Waals surface area contributed by atoms with Crippen molar-refractivity contribution in [3.05, 3.63) is 12.3 Å². The molecule has 1 aromatic rings. The van der Waals surface area contributed by atoms with E-state index >= 15 is 0 Å². The number of amides is 1. The molecule has 5 heteroatoms. The number of carbonyl (C=O) groups excluding carboxylic acids is 1. The molecule has 1 amide bonds. The second-order valence-electron chi connectivity index (χ2n) is 3.06. The predicted octanol–water partition coefficient (Wildman–Crippen LogP) is 0.00500. The maximum absolute atomic E-state index is 11.4. The molecule has 0 bridgehead atoms. The van der Waals surface area contributed by atoms with Crippen molar-refractivity contribution in [2.45, 2.75) is 0 Å². The maximum atomic E-state index is 11.4. The van der Waals surface area contributed by atoms with Gasteiger partial charge in [-0.05, 0) is 0 Å². The first-order valence-electron chi connectivity index (χ1n) is 4.14. The van der Waals surface area contributed by atoms with Gasteiger partial charge in [0.25, 0.3) is 0 Å². The highest BCUT2D eigenvalue weighted by Crippen LogP contribution is 2.13. The van der Waals surface area contributed by atoms with Gasteiger partial charge in [-0.15, -0.1) is 0 Å². The van der Waals surface area contributed by atoms with E-state index < -0.39 is 0 Å².